The van der Waals surface area contributed by atoms with E-state index < -0.39 is 0 Å². The highest BCUT2D eigenvalue weighted by Gasteiger charge is 2.26. The fraction of sp³-hybridized carbons (Fsp3) is 0.750. The summed E-state index contributed by atoms with van der Waals surface area (Å²) in [7, 11) is 0. The van der Waals surface area contributed by atoms with E-state index in [9.17, 15) is 4.79 Å². The van der Waals surface area contributed by atoms with Crippen LogP contribution in [0.25, 0.3) is 0 Å². The lowest BCUT2D eigenvalue weighted by molar-refractivity contribution is 0.0628. The van der Waals surface area contributed by atoms with Gasteiger partial charge in [-0.15, -0.1) is 0 Å². The van der Waals surface area contributed by atoms with Crippen molar-refractivity contribution in [2.45, 2.75) is 44.2 Å². The van der Waals surface area contributed by atoms with Crippen LogP contribution in [-0.2, 0) is 4.74 Å². The molecule has 0 aromatic carbocycles. The fourth-order valence-electron chi connectivity index (χ4n) is 4.38. The number of amides is 2. The maximum atomic E-state index is 12.8. The molecule has 1 aromatic rings. The van der Waals surface area contributed by atoms with Gasteiger partial charge in [0.15, 0.2) is 0 Å². The van der Waals surface area contributed by atoms with Crippen molar-refractivity contribution in [1.82, 2.24) is 25.1 Å². The Bertz CT molecular complexity index is 616. The molecule has 1 unspecified atom stereocenters. The van der Waals surface area contributed by atoms with Gasteiger partial charge in [-0.2, -0.15) is 0 Å². The average molecular weight is 389 g/mol. The minimum atomic E-state index is 0.0772. The second-order valence-electron chi connectivity index (χ2n) is 8.04. The lowest BCUT2D eigenvalue weighted by Gasteiger charge is -2.34. The van der Waals surface area contributed by atoms with Crippen LogP contribution in [0.5, 0.6) is 0 Å². The second kappa shape index (κ2) is 9.52. The molecule has 8 nitrogen and oxygen atoms in total. The summed E-state index contributed by atoms with van der Waals surface area (Å²) in [6, 6.07) is 2.19. The Morgan fingerprint density at radius 1 is 1.04 bits per heavy atom. The SMILES string of the molecule is O=C(NC1CCN(CC2CCCO2)CC1)N1CCCN(c2ncccn2)CC1. The number of nitrogens with zero attached hydrogens (tertiary/aromatic N) is 5. The van der Waals surface area contributed by atoms with Crippen molar-refractivity contribution in [2.75, 3.05) is 57.3 Å². The Hall–Kier alpha value is -1.93. The molecular formula is C20H32N6O2. The minimum Gasteiger partial charge on any atom is -0.377 e. The number of carbonyl (C=O) groups excluding carboxylic acids is 1. The van der Waals surface area contributed by atoms with Gasteiger partial charge in [-0.3, -0.25) is 0 Å². The molecule has 0 spiro atoms. The molecule has 1 atom stereocenters. The van der Waals surface area contributed by atoms with Crippen molar-refractivity contribution in [2.24, 2.45) is 0 Å². The van der Waals surface area contributed by atoms with Crippen molar-refractivity contribution < 1.29 is 9.53 Å². The summed E-state index contributed by atoms with van der Waals surface area (Å²) in [5.41, 5.74) is 0. The standard InChI is InChI=1S/C20H32N6O2/c27-20(23-17-5-11-24(12-6-17)16-18-4-1-15-28-18)26-10-3-9-25(13-14-26)19-21-7-2-8-22-19/h2,7-8,17-18H,1,3-6,9-16H2,(H,23,27). The van der Waals surface area contributed by atoms with E-state index in [0.717, 1.165) is 71.1 Å². The molecule has 2 amide bonds. The summed E-state index contributed by atoms with van der Waals surface area (Å²) in [5.74, 6) is 0.753. The Morgan fingerprint density at radius 3 is 2.61 bits per heavy atom. The molecule has 3 aliphatic rings. The Balaban J connectivity index is 1.20. The summed E-state index contributed by atoms with van der Waals surface area (Å²) >= 11 is 0. The van der Waals surface area contributed by atoms with Crippen molar-refractivity contribution in [1.29, 1.82) is 0 Å². The minimum absolute atomic E-state index is 0.0772. The van der Waals surface area contributed by atoms with Gasteiger partial charge in [0.05, 0.1) is 6.10 Å². The summed E-state index contributed by atoms with van der Waals surface area (Å²) in [5, 5.41) is 3.26. The van der Waals surface area contributed by atoms with Crippen LogP contribution in [0.3, 0.4) is 0 Å². The van der Waals surface area contributed by atoms with Gasteiger partial charge in [0.1, 0.15) is 0 Å². The first-order valence-corrected chi connectivity index (χ1v) is 10.7. The van der Waals surface area contributed by atoms with Gasteiger partial charge < -0.3 is 24.8 Å². The van der Waals surface area contributed by atoms with E-state index in [2.05, 4.69) is 25.1 Å². The van der Waals surface area contributed by atoms with E-state index in [1.165, 1.54) is 12.8 Å². The number of likely N-dealkylation sites (tertiary alicyclic amines) is 1. The molecule has 28 heavy (non-hydrogen) atoms. The van der Waals surface area contributed by atoms with Gasteiger partial charge in [-0.25, -0.2) is 14.8 Å². The molecule has 1 N–H and O–H groups in total. The zero-order valence-electron chi connectivity index (χ0n) is 16.6. The van der Waals surface area contributed by atoms with E-state index >= 15 is 0 Å². The largest absolute Gasteiger partial charge is 0.377 e. The molecule has 0 aliphatic carbocycles. The number of anilines is 1. The topological polar surface area (TPSA) is 73.8 Å². The summed E-state index contributed by atoms with van der Waals surface area (Å²) in [4.78, 5) is 28.0. The van der Waals surface area contributed by atoms with Crippen LogP contribution in [-0.4, -0.2) is 90.4 Å². The first kappa shape index (κ1) is 19.4. The monoisotopic (exact) mass is 388 g/mol. The van der Waals surface area contributed by atoms with Crippen molar-refractivity contribution in [3.8, 4) is 0 Å². The van der Waals surface area contributed by atoms with Gasteiger partial charge in [-0.1, -0.05) is 0 Å². The zero-order valence-corrected chi connectivity index (χ0v) is 16.6. The van der Waals surface area contributed by atoms with Gasteiger partial charge in [-0.05, 0) is 38.2 Å². The molecule has 0 saturated carbocycles. The number of hydrogen-bond acceptors (Lipinski definition) is 6. The van der Waals surface area contributed by atoms with E-state index in [-0.39, 0.29) is 12.1 Å². The molecule has 3 aliphatic heterocycles. The van der Waals surface area contributed by atoms with Crippen LogP contribution in [0.4, 0.5) is 10.7 Å². The third kappa shape index (κ3) is 5.11. The van der Waals surface area contributed by atoms with Crippen LogP contribution >= 0.6 is 0 Å². The molecule has 154 valence electrons. The number of piperidine rings is 1. The first-order valence-electron chi connectivity index (χ1n) is 10.7. The normalized spacial score (nSPS) is 24.9. The van der Waals surface area contributed by atoms with E-state index in [0.29, 0.717) is 12.6 Å². The molecular weight excluding hydrogens is 356 g/mol. The maximum Gasteiger partial charge on any atom is 0.317 e. The van der Waals surface area contributed by atoms with E-state index in [1.54, 1.807) is 12.4 Å². The number of hydrogen-bond donors (Lipinski definition) is 1. The molecule has 3 fully saturated rings. The molecule has 1 aromatic heterocycles. The Kier molecular flexibility index (Phi) is 6.59. The molecule has 4 heterocycles. The predicted molar refractivity (Wildman–Crippen MR) is 107 cm³/mol. The number of aromatic nitrogens is 2. The number of carbonyl (C=O) groups is 1. The third-order valence-corrected chi connectivity index (χ3v) is 6.02. The molecule has 0 bridgehead atoms. The molecule has 3 saturated heterocycles. The van der Waals surface area contributed by atoms with Crippen molar-refractivity contribution >= 4 is 12.0 Å². The Labute approximate surface area is 167 Å². The lowest BCUT2D eigenvalue weighted by atomic mass is 10.0. The molecule has 0 radical (unpaired) electrons. The zero-order chi connectivity index (χ0) is 19.2. The molecule has 8 heteroatoms. The Morgan fingerprint density at radius 2 is 1.86 bits per heavy atom. The summed E-state index contributed by atoms with van der Waals surface area (Å²) in [6.07, 6.45) is 9.32. The second-order valence-corrected chi connectivity index (χ2v) is 8.04. The number of ether oxygens (including phenoxy) is 1. The van der Waals surface area contributed by atoms with Crippen LogP contribution < -0.4 is 10.2 Å². The first-order chi connectivity index (χ1) is 13.8. The van der Waals surface area contributed by atoms with Crippen LogP contribution in [0.1, 0.15) is 32.1 Å². The van der Waals surface area contributed by atoms with E-state index in [4.69, 9.17) is 4.74 Å². The van der Waals surface area contributed by atoms with Crippen molar-refractivity contribution in [3.63, 3.8) is 0 Å². The van der Waals surface area contributed by atoms with Crippen LogP contribution in [0.2, 0.25) is 0 Å². The predicted octanol–water partition coefficient (Wildman–Crippen LogP) is 1.34. The maximum absolute atomic E-state index is 12.8. The molecule has 4 rings (SSSR count). The van der Waals surface area contributed by atoms with Gasteiger partial charge in [0.25, 0.3) is 0 Å². The van der Waals surface area contributed by atoms with Crippen LogP contribution in [0.15, 0.2) is 18.5 Å². The van der Waals surface area contributed by atoms with Gasteiger partial charge >= 0.3 is 6.03 Å². The fourth-order valence-corrected chi connectivity index (χ4v) is 4.38. The quantitative estimate of drug-likeness (QED) is 0.839. The third-order valence-electron chi connectivity index (χ3n) is 6.02. The highest BCUT2D eigenvalue weighted by molar-refractivity contribution is 5.74. The number of rotatable bonds is 4. The highest BCUT2D eigenvalue weighted by Crippen LogP contribution is 2.17. The summed E-state index contributed by atoms with van der Waals surface area (Å²) < 4.78 is 5.75. The number of nitrogens with one attached hydrogen (secondary N) is 1. The smallest absolute Gasteiger partial charge is 0.317 e. The average Bonchev–Trinajstić information content (AvgIpc) is 3.11. The lowest BCUT2D eigenvalue weighted by Crippen LogP contribution is -2.50. The van der Waals surface area contributed by atoms with Crippen molar-refractivity contribution in [3.05, 3.63) is 18.5 Å². The van der Waals surface area contributed by atoms with Crippen LogP contribution in [0, 0.1) is 0 Å². The van der Waals surface area contributed by atoms with Gasteiger partial charge in [0, 0.05) is 70.9 Å². The van der Waals surface area contributed by atoms with E-state index in [1.807, 2.05) is 11.0 Å². The highest BCUT2D eigenvalue weighted by atomic mass is 16.5. The number of urea groups is 1. The summed E-state index contributed by atoms with van der Waals surface area (Å²) in [6.45, 7) is 7.21. The van der Waals surface area contributed by atoms with Gasteiger partial charge in [0.2, 0.25) is 5.95 Å².